The smallest absolute Gasteiger partial charge is 0.219 e. The molecule has 2 aromatic carbocycles. The maximum absolute atomic E-state index is 11.5. The van der Waals surface area contributed by atoms with Crippen molar-refractivity contribution in [2.24, 2.45) is 0 Å². The van der Waals surface area contributed by atoms with Crippen LogP contribution in [0, 0.1) is 0 Å². The van der Waals surface area contributed by atoms with Crippen molar-refractivity contribution in [1.29, 1.82) is 0 Å². The van der Waals surface area contributed by atoms with Crippen molar-refractivity contribution in [2.45, 2.75) is 4.90 Å². The van der Waals surface area contributed by atoms with E-state index in [0.29, 0.717) is 11.6 Å². The molecular weight excluding hydrogens is 310 g/mol. The molecule has 1 aromatic heterocycles. The van der Waals surface area contributed by atoms with E-state index in [1.807, 2.05) is 42.5 Å². The SMILES string of the molecule is CS(=O)(=O)c1ccc(-c2cccc(Oc3ccccc3)n2)cc1. The van der Waals surface area contributed by atoms with E-state index >= 15 is 0 Å². The van der Waals surface area contributed by atoms with Gasteiger partial charge < -0.3 is 4.74 Å². The second kappa shape index (κ2) is 6.22. The predicted molar refractivity (Wildman–Crippen MR) is 89.3 cm³/mol. The number of rotatable bonds is 4. The van der Waals surface area contributed by atoms with E-state index in [9.17, 15) is 8.42 Å². The van der Waals surface area contributed by atoms with Gasteiger partial charge in [0.1, 0.15) is 5.75 Å². The Kier molecular flexibility index (Phi) is 4.12. The summed E-state index contributed by atoms with van der Waals surface area (Å²) in [7, 11) is -3.20. The molecule has 23 heavy (non-hydrogen) atoms. The molecule has 0 spiro atoms. The van der Waals surface area contributed by atoms with Crippen molar-refractivity contribution in [3.05, 3.63) is 72.8 Å². The van der Waals surface area contributed by atoms with E-state index < -0.39 is 9.84 Å². The summed E-state index contributed by atoms with van der Waals surface area (Å²) in [6.07, 6.45) is 1.19. The largest absolute Gasteiger partial charge is 0.439 e. The molecule has 3 aromatic rings. The van der Waals surface area contributed by atoms with Crippen molar-refractivity contribution < 1.29 is 13.2 Å². The highest BCUT2D eigenvalue weighted by molar-refractivity contribution is 7.90. The molecule has 116 valence electrons. The number of sulfone groups is 1. The first-order chi connectivity index (χ1) is 11.0. The molecule has 0 unspecified atom stereocenters. The zero-order valence-corrected chi connectivity index (χ0v) is 13.3. The van der Waals surface area contributed by atoms with Gasteiger partial charge in [0.2, 0.25) is 5.88 Å². The van der Waals surface area contributed by atoms with Gasteiger partial charge in [0, 0.05) is 17.9 Å². The molecule has 0 saturated heterocycles. The van der Waals surface area contributed by atoms with E-state index in [-0.39, 0.29) is 4.90 Å². The number of nitrogens with zero attached hydrogens (tertiary/aromatic N) is 1. The highest BCUT2D eigenvalue weighted by atomic mass is 32.2. The topological polar surface area (TPSA) is 56.3 Å². The lowest BCUT2D eigenvalue weighted by Gasteiger charge is -2.07. The molecule has 0 atom stereocenters. The molecule has 0 bridgehead atoms. The molecule has 5 heteroatoms. The number of hydrogen-bond donors (Lipinski definition) is 0. The molecule has 0 aliphatic carbocycles. The average molecular weight is 325 g/mol. The Labute approximate surface area is 135 Å². The molecule has 0 saturated carbocycles. The third-order valence-corrected chi connectivity index (χ3v) is 4.40. The van der Waals surface area contributed by atoms with Crippen molar-refractivity contribution in [2.75, 3.05) is 6.26 Å². The van der Waals surface area contributed by atoms with Crippen LogP contribution in [0.4, 0.5) is 0 Å². The van der Waals surface area contributed by atoms with Gasteiger partial charge in [-0.05, 0) is 30.3 Å². The van der Waals surface area contributed by atoms with Crippen LogP contribution in [0.2, 0.25) is 0 Å². The molecule has 4 nitrogen and oxygen atoms in total. The lowest BCUT2D eigenvalue weighted by atomic mass is 10.1. The second-order valence-corrected chi connectivity index (χ2v) is 7.09. The Hall–Kier alpha value is -2.66. The Morgan fingerprint density at radius 3 is 2.17 bits per heavy atom. The zero-order valence-electron chi connectivity index (χ0n) is 12.5. The van der Waals surface area contributed by atoms with Crippen LogP contribution in [0.3, 0.4) is 0 Å². The van der Waals surface area contributed by atoms with Gasteiger partial charge in [0.05, 0.1) is 10.6 Å². The molecule has 1 heterocycles. The van der Waals surface area contributed by atoms with Gasteiger partial charge in [0.25, 0.3) is 0 Å². The monoisotopic (exact) mass is 325 g/mol. The fourth-order valence-electron chi connectivity index (χ4n) is 2.11. The minimum Gasteiger partial charge on any atom is -0.439 e. The molecule has 0 fully saturated rings. The van der Waals surface area contributed by atoms with Crippen LogP contribution in [0.15, 0.2) is 77.7 Å². The summed E-state index contributed by atoms with van der Waals surface area (Å²) in [5.41, 5.74) is 1.55. The van der Waals surface area contributed by atoms with Gasteiger partial charge in [-0.2, -0.15) is 0 Å². The third kappa shape index (κ3) is 3.76. The quantitative estimate of drug-likeness (QED) is 0.729. The minimum absolute atomic E-state index is 0.290. The molecule has 0 N–H and O–H groups in total. The minimum atomic E-state index is -3.20. The summed E-state index contributed by atoms with van der Waals surface area (Å²) in [4.78, 5) is 4.75. The van der Waals surface area contributed by atoms with Crippen molar-refractivity contribution in [3.8, 4) is 22.9 Å². The van der Waals surface area contributed by atoms with E-state index in [4.69, 9.17) is 4.74 Å². The van der Waals surface area contributed by atoms with Gasteiger partial charge >= 0.3 is 0 Å². The van der Waals surface area contributed by atoms with Gasteiger partial charge in [0.15, 0.2) is 9.84 Å². The molecule has 0 aliphatic heterocycles. The summed E-state index contributed by atoms with van der Waals surface area (Å²) in [5, 5.41) is 0. The number of para-hydroxylation sites is 1. The summed E-state index contributed by atoms with van der Waals surface area (Å²) in [6.45, 7) is 0. The lowest BCUT2D eigenvalue weighted by molar-refractivity contribution is 0.463. The summed E-state index contributed by atoms with van der Waals surface area (Å²) in [5.74, 6) is 1.20. The van der Waals surface area contributed by atoms with Crippen molar-refractivity contribution in [3.63, 3.8) is 0 Å². The number of benzene rings is 2. The molecule has 3 rings (SSSR count). The van der Waals surface area contributed by atoms with Gasteiger partial charge in [-0.1, -0.05) is 36.4 Å². The normalized spacial score (nSPS) is 11.2. The van der Waals surface area contributed by atoms with Gasteiger partial charge in [-0.3, -0.25) is 0 Å². The lowest BCUT2D eigenvalue weighted by Crippen LogP contribution is -1.96. The molecule has 0 aliphatic rings. The number of hydrogen-bond acceptors (Lipinski definition) is 4. The van der Waals surface area contributed by atoms with Crippen LogP contribution >= 0.6 is 0 Å². The summed E-state index contributed by atoms with van der Waals surface area (Å²) in [6, 6.07) is 21.5. The van der Waals surface area contributed by atoms with Crippen LogP contribution < -0.4 is 4.74 Å². The fourth-order valence-corrected chi connectivity index (χ4v) is 2.75. The highest BCUT2D eigenvalue weighted by Gasteiger charge is 2.08. The fraction of sp³-hybridized carbons (Fsp3) is 0.0556. The van der Waals surface area contributed by atoms with Crippen LogP contribution in [0.25, 0.3) is 11.3 Å². The first-order valence-corrected chi connectivity index (χ1v) is 8.92. The average Bonchev–Trinajstić information content (AvgIpc) is 2.55. The van der Waals surface area contributed by atoms with E-state index in [1.165, 1.54) is 6.26 Å². The van der Waals surface area contributed by atoms with Gasteiger partial charge in [-0.15, -0.1) is 0 Å². The van der Waals surface area contributed by atoms with Gasteiger partial charge in [-0.25, -0.2) is 13.4 Å². The maximum Gasteiger partial charge on any atom is 0.219 e. The molecule has 0 radical (unpaired) electrons. The summed E-state index contributed by atoms with van der Waals surface area (Å²) >= 11 is 0. The molecular formula is C18H15NO3S. The summed E-state index contributed by atoms with van der Waals surface area (Å²) < 4.78 is 28.7. The predicted octanol–water partition coefficient (Wildman–Crippen LogP) is 3.94. The second-order valence-electron chi connectivity index (χ2n) is 5.07. The van der Waals surface area contributed by atoms with Crippen LogP contribution in [0.1, 0.15) is 0 Å². The maximum atomic E-state index is 11.5. The Morgan fingerprint density at radius 1 is 0.826 bits per heavy atom. The third-order valence-electron chi connectivity index (χ3n) is 3.27. The van der Waals surface area contributed by atoms with Crippen molar-refractivity contribution >= 4 is 9.84 Å². The van der Waals surface area contributed by atoms with Crippen LogP contribution in [-0.2, 0) is 9.84 Å². The van der Waals surface area contributed by atoms with E-state index in [1.54, 1.807) is 30.3 Å². The standard InChI is InChI=1S/C18H15NO3S/c1-23(20,21)16-12-10-14(11-13-16)17-8-5-9-18(19-17)22-15-6-3-2-4-7-15/h2-13H,1H3. The number of ether oxygens (including phenoxy) is 1. The van der Waals surface area contributed by atoms with E-state index in [0.717, 1.165) is 11.3 Å². The first-order valence-electron chi connectivity index (χ1n) is 7.03. The van der Waals surface area contributed by atoms with E-state index in [2.05, 4.69) is 4.98 Å². The van der Waals surface area contributed by atoms with Crippen molar-refractivity contribution in [1.82, 2.24) is 4.98 Å². The Balaban J connectivity index is 1.88. The Bertz CT molecular complexity index is 905. The number of pyridine rings is 1. The Morgan fingerprint density at radius 2 is 1.52 bits per heavy atom. The van der Waals surface area contributed by atoms with Crippen LogP contribution in [-0.4, -0.2) is 19.7 Å². The highest BCUT2D eigenvalue weighted by Crippen LogP contribution is 2.24. The molecule has 0 amide bonds. The van der Waals surface area contributed by atoms with Crippen LogP contribution in [0.5, 0.6) is 11.6 Å². The first kappa shape index (κ1) is 15.2. The zero-order chi connectivity index (χ0) is 16.3. The number of aromatic nitrogens is 1.